The number of aliphatic carboxylic acids is 1. The van der Waals surface area contributed by atoms with E-state index in [1.807, 2.05) is 0 Å². The first-order valence-corrected chi connectivity index (χ1v) is 5.86. The molecule has 0 aromatic carbocycles. The number of nitrogens with one attached hydrogen (secondary N) is 2. The number of piperidine rings is 1. The average Bonchev–Trinajstić information content (AvgIpc) is 2.27. The minimum absolute atomic E-state index is 0.138. The summed E-state index contributed by atoms with van der Waals surface area (Å²) >= 11 is 0. The highest BCUT2D eigenvalue weighted by molar-refractivity contribution is 5.83. The first-order chi connectivity index (χ1) is 7.63. The van der Waals surface area contributed by atoms with E-state index in [0.29, 0.717) is 18.8 Å². The van der Waals surface area contributed by atoms with Crippen molar-refractivity contribution < 1.29 is 14.7 Å². The van der Waals surface area contributed by atoms with Crippen molar-refractivity contribution in [2.24, 2.45) is 5.92 Å². The fourth-order valence-electron chi connectivity index (χ4n) is 1.94. The lowest BCUT2D eigenvalue weighted by molar-refractivity contribution is -0.142. The SMILES string of the molecule is CC[C@H](NC(=O)CC1CCNCC1)C(=O)O. The molecule has 1 aliphatic rings. The smallest absolute Gasteiger partial charge is 0.326 e. The largest absolute Gasteiger partial charge is 0.480 e. The molecule has 0 aromatic heterocycles. The van der Waals surface area contributed by atoms with Crippen molar-refractivity contribution in [3.05, 3.63) is 0 Å². The highest BCUT2D eigenvalue weighted by Crippen LogP contribution is 2.15. The molecule has 1 amide bonds. The van der Waals surface area contributed by atoms with Crippen LogP contribution in [0, 0.1) is 5.92 Å². The number of hydrogen-bond donors (Lipinski definition) is 3. The second kappa shape index (κ2) is 6.48. The fraction of sp³-hybridized carbons (Fsp3) is 0.818. The van der Waals surface area contributed by atoms with E-state index in [2.05, 4.69) is 10.6 Å². The monoisotopic (exact) mass is 228 g/mol. The molecule has 0 spiro atoms. The Bertz CT molecular complexity index is 250. The van der Waals surface area contributed by atoms with Gasteiger partial charge in [-0.15, -0.1) is 0 Å². The van der Waals surface area contributed by atoms with Crippen molar-refractivity contribution in [2.45, 2.75) is 38.6 Å². The fourth-order valence-corrected chi connectivity index (χ4v) is 1.94. The van der Waals surface area contributed by atoms with E-state index >= 15 is 0 Å². The number of carbonyl (C=O) groups is 2. The number of rotatable bonds is 5. The molecule has 0 saturated carbocycles. The molecule has 0 radical (unpaired) electrons. The molecule has 0 aliphatic carbocycles. The standard InChI is InChI=1S/C11H20N2O3/c1-2-9(11(15)16)13-10(14)7-8-3-5-12-6-4-8/h8-9,12H,2-7H2,1H3,(H,13,14)(H,15,16)/t9-/m0/s1. The third-order valence-corrected chi connectivity index (χ3v) is 2.97. The summed E-state index contributed by atoms with van der Waals surface area (Å²) in [6, 6.07) is -0.741. The molecule has 92 valence electrons. The van der Waals surface area contributed by atoms with E-state index in [1.165, 1.54) is 0 Å². The Balaban J connectivity index is 2.31. The van der Waals surface area contributed by atoms with Gasteiger partial charge in [0.25, 0.3) is 0 Å². The molecule has 1 aliphatic heterocycles. The Hall–Kier alpha value is -1.10. The summed E-state index contributed by atoms with van der Waals surface area (Å²) in [6.45, 7) is 3.66. The van der Waals surface area contributed by atoms with Crippen LogP contribution in [-0.4, -0.2) is 36.1 Å². The molecular formula is C11H20N2O3. The maximum Gasteiger partial charge on any atom is 0.326 e. The summed E-state index contributed by atoms with van der Waals surface area (Å²) in [6.07, 6.45) is 2.87. The number of carboxylic acids is 1. The molecule has 16 heavy (non-hydrogen) atoms. The quantitative estimate of drug-likeness (QED) is 0.634. The van der Waals surface area contributed by atoms with Gasteiger partial charge < -0.3 is 15.7 Å². The zero-order valence-electron chi connectivity index (χ0n) is 9.66. The van der Waals surface area contributed by atoms with Crippen LogP contribution in [0.2, 0.25) is 0 Å². The molecule has 1 heterocycles. The van der Waals surface area contributed by atoms with Gasteiger partial charge in [0.05, 0.1) is 0 Å². The Kier molecular flexibility index (Phi) is 5.25. The van der Waals surface area contributed by atoms with E-state index in [-0.39, 0.29) is 5.91 Å². The van der Waals surface area contributed by atoms with Gasteiger partial charge in [-0.25, -0.2) is 4.79 Å². The molecule has 1 saturated heterocycles. The van der Waals surface area contributed by atoms with Crippen LogP contribution < -0.4 is 10.6 Å². The van der Waals surface area contributed by atoms with Gasteiger partial charge in [0.15, 0.2) is 0 Å². The van der Waals surface area contributed by atoms with Gasteiger partial charge in [0, 0.05) is 6.42 Å². The summed E-state index contributed by atoms with van der Waals surface area (Å²) in [5.41, 5.74) is 0. The van der Waals surface area contributed by atoms with E-state index in [1.54, 1.807) is 6.92 Å². The van der Waals surface area contributed by atoms with Gasteiger partial charge in [-0.1, -0.05) is 6.92 Å². The first kappa shape index (κ1) is 13.0. The van der Waals surface area contributed by atoms with Crippen molar-refractivity contribution in [3.8, 4) is 0 Å². The highest BCUT2D eigenvalue weighted by Gasteiger charge is 2.21. The second-order valence-electron chi connectivity index (χ2n) is 4.26. The van der Waals surface area contributed by atoms with Crippen molar-refractivity contribution in [2.75, 3.05) is 13.1 Å². The molecule has 5 nitrogen and oxygen atoms in total. The third-order valence-electron chi connectivity index (χ3n) is 2.97. The first-order valence-electron chi connectivity index (χ1n) is 5.86. The van der Waals surface area contributed by atoms with Crippen molar-refractivity contribution in [1.82, 2.24) is 10.6 Å². The van der Waals surface area contributed by atoms with Crippen molar-refractivity contribution in [3.63, 3.8) is 0 Å². The molecule has 0 unspecified atom stereocenters. The molecule has 1 rings (SSSR count). The molecule has 0 bridgehead atoms. The van der Waals surface area contributed by atoms with Crippen LogP contribution in [-0.2, 0) is 9.59 Å². The number of carbonyl (C=O) groups excluding carboxylic acids is 1. The van der Waals surface area contributed by atoms with Crippen molar-refractivity contribution >= 4 is 11.9 Å². The molecular weight excluding hydrogens is 208 g/mol. The van der Waals surface area contributed by atoms with Crippen LogP contribution in [0.25, 0.3) is 0 Å². The molecule has 3 N–H and O–H groups in total. The predicted molar refractivity (Wildman–Crippen MR) is 60.1 cm³/mol. The Morgan fingerprint density at radius 2 is 2.06 bits per heavy atom. The zero-order valence-corrected chi connectivity index (χ0v) is 9.66. The van der Waals surface area contributed by atoms with Crippen molar-refractivity contribution in [1.29, 1.82) is 0 Å². The summed E-state index contributed by atoms with van der Waals surface area (Å²) in [4.78, 5) is 22.3. The average molecular weight is 228 g/mol. The lowest BCUT2D eigenvalue weighted by Crippen LogP contribution is -2.41. The topological polar surface area (TPSA) is 78.4 Å². The minimum Gasteiger partial charge on any atom is -0.480 e. The third kappa shape index (κ3) is 4.18. The maximum absolute atomic E-state index is 11.6. The van der Waals surface area contributed by atoms with Crippen LogP contribution in [0.1, 0.15) is 32.6 Å². The van der Waals surface area contributed by atoms with E-state index in [4.69, 9.17) is 5.11 Å². The van der Waals surface area contributed by atoms with E-state index < -0.39 is 12.0 Å². The minimum atomic E-state index is -0.957. The van der Waals surface area contributed by atoms with Crippen LogP contribution in [0.5, 0.6) is 0 Å². The molecule has 5 heteroatoms. The molecule has 1 fully saturated rings. The van der Waals surface area contributed by atoms with Gasteiger partial charge in [0.2, 0.25) is 5.91 Å². The summed E-state index contributed by atoms with van der Waals surface area (Å²) in [5.74, 6) is -0.699. The summed E-state index contributed by atoms with van der Waals surface area (Å²) in [7, 11) is 0. The Morgan fingerprint density at radius 1 is 1.44 bits per heavy atom. The van der Waals surface area contributed by atoms with E-state index in [0.717, 1.165) is 25.9 Å². The lowest BCUT2D eigenvalue weighted by atomic mass is 9.94. The van der Waals surface area contributed by atoms with Crippen LogP contribution in [0.15, 0.2) is 0 Å². The zero-order chi connectivity index (χ0) is 12.0. The summed E-state index contributed by atoms with van der Waals surface area (Å²) in [5, 5.41) is 14.6. The number of amides is 1. The lowest BCUT2D eigenvalue weighted by Gasteiger charge is -2.22. The van der Waals surface area contributed by atoms with Gasteiger partial charge in [-0.2, -0.15) is 0 Å². The second-order valence-corrected chi connectivity index (χ2v) is 4.26. The Morgan fingerprint density at radius 3 is 2.56 bits per heavy atom. The molecule has 0 aromatic rings. The van der Waals surface area contributed by atoms with Gasteiger partial charge in [-0.05, 0) is 38.3 Å². The highest BCUT2D eigenvalue weighted by atomic mass is 16.4. The van der Waals surface area contributed by atoms with Gasteiger partial charge in [-0.3, -0.25) is 4.79 Å². The van der Waals surface area contributed by atoms with Crippen LogP contribution in [0.3, 0.4) is 0 Å². The molecule has 1 atom stereocenters. The predicted octanol–water partition coefficient (Wildman–Crippen LogP) is 0.355. The normalized spacial score (nSPS) is 19.1. The Labute approximate surface area is 95.6 Å². The van der Waals surface area contributed by atoms with Gasteiger partial charge in [0.1, 0.15) is 6.04 Å². The van der Waals surface area contributed by atoms with Crippen LogP contribution >= 0.6 is 0 Å². The van der Waals surface area contributed by atoms with E-state index in [9.17, 15) is 9.59 Å². The maximum atomic E-state index is 11.6. The van der Waals surface area contributed by atoms with Gasteiger partial charge >= 0.3 is 5.97 Å². The van der Waals surface area contributed by atoms with Crippen LogP contribution in [0.4, 0.5) is 0 Å². The number of hydrogen-bond acceptors (Lipinski definition) is 3. The number of carboxylic acid groups (broad SMARTS) is 1. The summed E-state index contributed by atoms with van der Waals surface area (Å²) < 4.78 is 0.